The molecular weight excluding hydrogens is 519 g/mol. The molecule has 7 heteroatoms. The second kappa shape index (κ2) is 10.6. The molecular formula is C33H29FN4OS. The Kier molecular flexibility index (Phi) is 6.82. The van der Waals surface area contributed by atoms with Crippen LogP contribution in [0.4, 0.5) is 10.1 Å². The topological polar surface area (TPSA) is 42.3 Å². The molecule has 3 aromatic carbocycles. The van der Waals surface area contributed by atoms with Gasteiger partial charge in [-0.05, 0) is 105 Å². The van der Waals surface area contributed by atoms with Gasteiger partial charge in [-0.3, -0.25) is 4.98 Å². The summed E-state index contributed by atoms with van der Waals surface area (Å²) in [7, 11) is 0. The first-order valence-corrected chi connectivity index (χ1v) is 13.6. The number of rotatable bonds is 6. The van der Waals surface area contributed by atoms with Crippen LogP contribution in [0.15, 0.2) is 103 Å². The minimum absolute atomic E-state index is 0.203. The molecule has 1 aliphatic rings. The Hall–Kier alpha value is -4.49. The molecule has 5 aromatic rings. The number of ether oxygens (including phenoxy) is 1. The summed E-state index contributed by atoms with van der Waals surface area (Å²) in [6, 6.07) is 30.3. The lowest BCUT2D eigenvalue weighted by Gasteiger charge is -2.28. The van der Waals surface area contributed by atoms with E-state index in [-0.39, 0.29) is 17.9 Å². The summed E-state index contributed by atoms with van der Waals surface area (Å²) in [5, 5.41) is 4.12. The van der Waals surface area contributed by atoms with Gasteiger partial charge in [-0.25, -0.2) is 4.39 Å². The first-order chi connectivity index (χ1) is 19.4. The number of hydrogen-bond acceptors (Lipinski definition) is 3. The molecule has 200 valence electrons. The summed E-state index contributed by atoms with van der Waals surface area (Å²) in [5.41, 5.74) is 6.34. The number of aryl methyl sites for hydroxylation is 2. The zero-order valence-corrected chi connectivity index (χ0v) is 23.3. The molecule has 2 aromatic heterocycles. The fourth-order valence-electron chi connectivity index (χ4n) is 5.51. The van der Waals surface area contributed by atoms with Gasteiger partial charge in [0.25, 0.3) is 0 Å². The van der Waals surface area contributed by atoms with Crippen LogP contribution in [0.3, 0.4) is 0 Å². The normalized spacial score (nSPS) is 16.7. The van der Waals surface area contributed by atoms with Gasteiger partial charge >= 0.3 is 0 Å². The standard InChI is InChI=1S/C33H29FN4OS/c1-21-10-4-7-14-30(21)39-25-17-15-24(16-18-25)38-32(31(36-33(38)40)28-12-8-9-19-35-28)26-20-22(2)37(23(26)3)29-13-6-5-11-27(29)34/h4-20,31-32H,1-3H3,(H,36,40)/t31-,32-/m0/s1. The Labute approximate surface area is 238 Å². The van der Waals surface area contributed by atoms with E-state index in [0.29, 0.717) is 10.8 Å². The van der Waals surface area contributed by atoms with Crippen molar-refractivity contribution in [3.63, 3.8) is 0 Å². The monoisotopic (exact) mass is 548 g/mol. The Balaban J connectivity index is 1.42. The molecule has 5 nitrogen and oxygen atoms in total. The molecule has 6 rings (SSSR count). The predicted molar refractivity (Wildman–Crippen MR) is 161 cm³/mol. The van der Waals surface area contributed by atoms with Crippen LogP contribution in [0.5, 0.6) is 11.5 Å². The molecule has 40 heavy (non-hydrogen) atoms. The second-order valence-corrected chi connectivity index (χ2v) is 10.4. The number of hydrogen-bond donors (Lipinski definition) is 1. The third kappa shape index (κ3) is 4.62. The third-order valence-corrected chi connectivity index (χ3v) is 7.73. The van der Waals surface area contributed by atoms with E-state index in [1.165, 1.54) is 6.07 Å². The maximum atomic E-state index is 14.9. The summed E-state index contributed by atoms with van der Waals surface area (Å²) in [5.74, 6) is 1.30. The van der Waals surface area contributed by atoms with Crippen molar-refractivity contribution in [1.82, 2.24) is 14.9 Å². The molecule has 0 radical (unpaired) electrons. The molecule has 0 spiro atoms. The molecule has 1 N–H and O–H groups in total. The van der Waals surface area contributed by atoms with Crippen molar-refractivity contribution in [2.75, 3.05) is 4.90 Å². The van der Waals surface area contributed by atoms with Gasteiger partial charge in [0, 0.05) is 23.3 Å². The molecule has 0 amide bonds. The van der Waals surface area contributed by atoms with Crippen molar-refractivity contribution < 1.29 is 9.13 Å². The summed E-state index contributed by atoms with van der Waals surface area (Å²) >= 11 is 5.92. The largest absolute Gasteiger partial charge is 0.457 e. The highest BCUT2D eigenvalue weighted by atomic mass is 32.1. The van der Waals surface area contributed by atoms with Gasteiger partial charge in [-0.15, -0.1) is 0 Å². The number of nitrogens with zero attached hydrogens (tertiary/aromatic N) is 3. The van der Waals surface area contributed by atoms with Crippen LogP contribution < -0.4 is 15.0 Å². The number of anilines is 1. The minimum Gasteiger partial charge on any atom is -0.457 e. The maximum Gasteiger partial charge on any atom is 0.174 e. The van der Waals surface area contributed by atoms with Crippen LogP contribution in [-0.2, 0) is 0 Å². The molecule has 1 fully saturated rings. The smallest absolute Gasteiger partial charge is 0.174 e. The van der Waals surface area contributed by atoms with Crippen molar-refractivity contribution in [2.24, 2.45) is 0 Å². The number of thiocarbonyl (C=S) groups is 1. The third-order valence-electron chi connectivity index (χ3n) is 7.42. The van der Waals surface area contributed by atoms with E-state index in [1.807, 2.05) is 98.1 Å². The summed E-state index contributed by atoms with van der Waals surface area (Å²) in [6.07, 6.45) is 1.79. The number of halogens is 1. The average molecular weight is 549 g/mol. The highest BCUT2D eigenvalue weighted by Gasteiger charge is 2.42. The zero-order valence-electron chi connectivity index (χ0n) is 22.5. The van der Waals surface area contributed by atoms with E-state index in [4.69, 9.17) is 17.0 Å². The van der Waals surface area contributed by atoms with Gasteiger partial charge in [-0.1, -0.05) is 36.4 Å². The zero-order chi connectivity index (χ0) is 27.8. The highest BCUT2D eigenvalue weighted by Crippen LogP contribution is 2.44. The lowest BCUT2D eigenvalue weighted by atomic mass is 9.96. The first kappa shape index (κ1) is 25.8. The van der Waals surface area contributed by atoms with Crippen molar-refractivity contribution in [1.29, 1.82) is 0 Å². The molecule has 3 heterocycles. The number of aromatic nitrogens is 2. The van der Waals surface area contributed by atoms with E-state index in [2.05, 4.69) is 21.3 Å². The van der Waals surface area contributed by atoms with Crippen LogP contribution in [0.1, 0.15) is 40.3 Å². The van der Waals surface area contributed by atoms with Crippen molar-refractivity contribution in [3.8, 4) is 17.2 Å². The van der Waals surface area contributed by atoms with E-state index >= 15 is 0 Å². The van der Waals surface area contributed by atoms with Crippen LogP contribution in [0, 0.1) is 26.6 Å². The van der Waals surface area contributed by atoms with Crippen molar-refractivity contribution >= 4 is 23.0 Å². The fourth-order valence-corrected chi connectivity index (χ4v) is 5.86. The van der Waals surface area contributed by atoms with Gasteiger partial charge < -0.3 is 19.5 Å². The van der Waals surface area contributed by atoms with E-state index < -0.39 is 0 Å². The molecule has 1 aliphatic heterocycles. The number of benzene rings is 3. The molecule has 0 saturated carbocycles. The Morgan fingerprint density at radius 2 is 1.60 bits per heavy atom. The fraction of sp³-hybridized carbons (Fsp3) is 0.152. The molecule has 0 bridgehead atoms. The van der Waals surface area contributed by atoms with E-state index in [0.717, 1.165) is 45.4 Å². The highest BCUT2D eigenvalue weighted by molar-refractivity contribution is 7.80. The van der Waals surface area contributed by atoms with Gasteiger partial charge in [0.15, 0.2) is 5.11 Å². The van der Waals surface area contributed by atoms with Crippen LogP contribution >= 0.6 is 12.2 Å². The Morgan fingerprint density at radius 1 is 0.875 bits per heavy atom. The number of pyridine rings is 1. The van der Waals surface area contributed by atoms with Gasteiger partial charge in [0.05, 0.1) is 23.5 Å². The Bertz CT molecular complexity index is 1680. The summed E-state index contributed by atoms with van der Waals surface area (Å²) in [4.78, 5) is 6.79. The number of para-hydroxylation sites is 2. The van der Waals surface area contributed by atoms with E-state index in [9.17, 15) is 4.39 Å². The number of nitrogens with one attached hydrogen (secondary N) is 1. The van der Waals surface area contributed by atoms with Gasteiger partial charge in [0.2, 0.25) is 0 Å². The lowest BCUT2D eigenvalue weighted by molar-refractivity contribution is 0.479. The van der Waals surface area contributed by atoms with Crippen molar-refractivity contribution in [2.45, 2.75) is 32.9 Å². The van der Waals surface area contributed by atoms with Crippen LogP contribution in [-0.4, -0.2) is 14.7 Å². The van der Waals surface area contributed by atoms with E-state index in [1.54, 1.807) is 18.3 Å². The SMILES string of the molecule is Cc1ccccc1Oc1ccc(N2C(=S)N[C@@H](c3ccccn3)[C@@H]2c2cc(C)n(-c3ccccc3F)c2C)cc1. The molecule has 0 unspecified atom stereocenters. The maximum absolute atomic E-state index is 14.9. The first-order valence-electron chi connectivity index (χ1n) is 13.2. The van der Waals surface area contributed by atoms with Gasteiger partial charge in [0.1, 0.15) is 17.3 Å². The average Bonchev–Trinajstić information content (AvgIpc) is 3.46. The molecule has 0 aliphatic carbocycles. The predicted octanol–water partition coefficient (Wildman–Crippen LogP) is 7.91. The minimum atomic E-state index is -0.265. The quantitative estimate of drug-likeness (QED) is 0.219. The van der Waals surface area contributed by atoms with Gasteiger partial charge in [-0.2, -0.15) is 0 Å². The Morgan fingerprint density at radius 3 is 2.33 bits per heavy atom. The molecule has 2 atom stereocenters. The van der Waals surface area contributed by atoms with Crippen LogP contribution in [0.25, 0.3) is 5.69 Å². The summed E-state index contributed by atoms with van der Waals surface area (Å²) < 4.78 is 23.0. The lowest BCUT2D eigenvalue weighted by Crippen LogP contribution is -2.29. The van der Waals surface area contributed by atoms with Crippen molar-refractivity contribution in [3.05, 3.63) is 137 Å². The summed E-state index contributed by atoms with van der Waals surface area (Å²) in [6.45, 7) is 6.06. The van der Waals surface area contributed by atoms with Crippen LogP contribution in [0.2, 0.25) is 0 Å². The molecule has 1 saturated heterocycles. The second-order valence-electron chi connectivity index (χ2n) is 9.97.